The Morgan fingerprint density at radius 1 is 1.33 bits per heavy atom. The van der Waals surface area contributed by atoms with E-state index in [0.717, 1.165) is 18.7 Å². The Morgan fingerprint density at radius 3 is 2.33 bits per heavy atom. The molecule has 1 saturated heterocycles. The SMILES string of the molecule is CCC1=C2C[C@H](N(C(C)C)S(C)(=O)=O)CN2C(C(C)(C)C)=N[C@H]1C. The van der Waals surface area contributed by atoms with Crippen molar-refractivity contribution < 1.29 is 8.42 Å². The maximum atomic E-state index is 12.3. The number of amidine groups is 1. The highest BCUT2D eigenvalue weighted by Crippen LogP contribution is 2.39. The van der Waals surface area contributed by atoms with Crippen molar-refractivity contribution in [3.05, 3.63) is 11.3 Å². The highest BCUT2D eigenvalue weighted by atomic mass is 32.2. The second kappa shape index (κ2) is 6.45. The minimum absolute atomic E-state index is 0.0191. The largest absolute Gasteiger partial charge is 0.332 e. The van der Waals surface area contributed by atoms with E-state index in [4.69, 9.17) is 4.99 Å². The molecule has 0 bridgehead atoms. The summed E-state index contributed by atoms with van der Waals surface area (Å²) in [5.41, 5.74) is 2.59. The quantitative estimate of drug-likeness (QED) is 0.778. The molecule has 5 nitrogen and oxygen atoms in total. The maximum Gasteiger partial charge on any atom is 0.211 e. The Morgan fingerprint density at radius 2 is 1.92 bits per heavy atom. The summed E-state index contributed by atoms with van der Waals surface area (Å²) in [6, 6.07) is 0.124. The van der Waals surface area contributed by atoms with Gasteiger partial charge in [-0.2, -0.15) is 4.31 Å². The lowest BCUT2D eigenvalue weighted by atomic mass is 9.90. The number of sulfonamides is 1. The third-order valence-corrected chi connectivity index (χ3v) is 6.38. The van der Waals surface area contributed by atoms with Crippen LogP contribution in [0.1, 0.15) is 61.3 Å². The number of hydrogen-bond acceptors (Lipinski definition) is 4. The zero-order chi connectivity index (χ0) is 18.4. The molecule has 0 spiro atoms. The zero-order valence-corrected chi connectivity index (χ0v) is 17.2. The Bertz CT molecular complexity index is 656. The van der Waals surface area contributed by atoms with E-state index >= 15 is 0 Å². The average molecular weight is 356 g/mol. The van der Waals surface area contributed by atoms with E-state index in [1.807, 2.05) is 13.8 Å². The molecule has 0 saturated carbocycles. The van der Waals surface area contributed by atoms with Crippen LogP contribution in [-0.2, 0) is 10.0 Å². The number of aliphatic imine (C=N–C) groups is 1. The Kier molecular flexibility index (Phi) is 5.22. The van der Waals surface area contributed by atoms with Crippen LogP contribution < -0.4 is 0 Å². The molecule has 2 aliphatic heterocycles. The van der Waals surface area contributed by atoms with Crippen LogP contribution in [0.5, 0.6) is 0 Å². The summed E-state index contributed by atoms with van der Waals surface area (Å²) in [6.07, 6.45) is 3.07. The van der Waals surface area contributed by atoms with E-state index < -0.39 is 10.0 Å². The average Bonchev–Trinajstić information content (AvgIpc) is 2.77. The van der Waals surface area contributed by atoms with Crippen LogP contribution in [0.25, 0.3) is 0 Å². The fourth-order valence-corrected chi connectivity index (χ4v) is 5.60. The van der Waals surface area contributed by atoms with Gasteiger partial charge in [0.1, 0.15) is 5.84 Å². The van der Waals surface area contributed by atoms with Gasteiger partial charge >= 0.3 is 0 Å². The molecular formula is C18H33N3O2S. The molecule has 6 heteroatoms. The van der Waals surface area contributed by atoms with Crippen LogP contribution in [0.2, 0.25) is 0 Å². The molecular weight excluding hydrogens is 322 g/mol. The van der Waals surface area contributed by atoms with Crippen LogP contribution >= 0.6 is 0 Å². The Labute approximate surface area is 147 Å². The fourth-order valence-electron chi connectivity index (χ4n) is 4.15. The van der Waals surface area contributed by atoms with E-state index in [9.17, 15) is 8.42 Å². The third kappa shape index (κ3) is 3.54. The van der Waals surface area contributed by atoms with Crippen molar-refractivity contribution in [2.45, 2.75) is 79.4 Å². The topological polar surface area (TPSA) is 53.0 Å². The molecule has 0 radical (unpaired) electrons. The lowest BCUT2D eigenvalue weighted by Crippen LogP contribution is -2.47. The van der Waals surface area contributed by atoms with Crippen molar-refractivity contribution in [3.63, 3.8) is 0 Å². The summed E-state index contributed by atoms with van der Waals surface area (Å²) < 4.78 is 26.3. The van der Waals surface area contributed by atoms with Crippen LogP contribution in [0.4, 0.5) is 0 Å². The van der Waals surface area contributed by atoms with Crippen LogP contribution in [0, 0.1) is 5.41 Å². The lowest BCUT2D eigenvalue weighted by molar-refractivity contribution is 0.277. The molecule has 138 valence electrons. The Balaban J connectivity index is 2.47. The predicted molar refractivity (Wildman–Crippen MR) is 101 cm³/mol. The molecule has 1 fully saturated rings. The van der Waals surface area contributed by atoms with Gasteiger partial charge in [0.05, 0.1) is 12.3 Å². The Hall–Kier alpha value is -0.880. The van der Waals surface area contributed by atoms with Crippen molar-refractivity contribution in [1.29, 1.82) is 0 Å². The minimum Gasteiger partial charge on any atom is -0.332 e. The maximum absolute atomic E-state index is 12.3. The molecule has 0 aromatic heterocycles. The van der Waals surface area contributed by atoms with Gasteiger partial charge in [-0.15, -0.1) is 0 Å². The summed E-state index contributed by atoms with van der Waals surface area (Å²) in [7, 11) is -3.24. The highest BCUT2D eigenvalue weighted by Gasteiger charge is 2.43. The van der Waals surface area contributed by atoms with Crippen molar-refractivity contribution in [2.75, 3.05) is 12.8 Å². The van der Waals surface area contributed by atoms with Gasteiger partial charge in [0, 0.05) is 36.2 Å². The molecule has 0 amide bonds. The normalized spacial score (nSPS) is 25.6. The zero-order valence-electron chi connectivity index (χ0n) is 16.4. The second-order valence-corrected chi connectivity index (χ2v) is 10.2. The van der Waals surface area contributed by atoms with E-state index in [-0.39, 0.29) is 23.5 Å². The molecule has 0 unspecified atom stereocenters. The minimum atomic E-state index is -3.24. The standard InChI is InChI=1S/C18H33N3O2S/c1-9-15-13(4)19-17(18(5,6)7)20-11-14(10-16(15)20)21(12(2)3)24(8,22)23/h12-14H,9-11H2,1-8H3/t13-,14-/m0/s1. The summed E-state index contributed by atoms with van der Waals surface area (Å²) in [4.78, 5) is 7.26. The van der Waals surface area contributed by atoms with Gasteiger partial charge in [-0.25, -0.2) is 8.42 Å². The van der Waals surface area contributed by atoms with Gasteiger partial charge in [-0.05, 0) is 32.8 Å². The number of nitrogens with zero attached hydrogens (tertiary/aromatic N) is 3. The van der Waals surface area contributed by atoms with Crippen molar-refractivity contribution in [2.24, 2.45) is 10.4 Å². The van der Waals surface area contributed by atoms with Crippen LogP contribution in [-0.4, -0.2) is 54.4 Å². The second-order valence-electron chi connectivity index (χ2n) is 8.36. The smallest absolute Gasteiger partial charge is 0.211 e. The van der Waals surface area contributed by atoms with Gasteiger partial charge in [0.2, 0.25) is 10.0 Å². The molecule has 2 heterocycles. The molecule has 0 aliphatic carbocycles. The molecule has 0 N–H and O–H groups in total. The van der Waals surface area contributed by atoms with E-state index in [1.165, 1.54) is 17.5 Å². The first-order chi connectivity index (χ1) is 10.9. The molecule has 2 atom stereocenters. The van der Waals surface area contributed by atoms with Gasteiger partial charge in [0.15, 0.2) is 0 Å². The molecule has 0 aromatic carbocycles. The first-order valence-corrected chi connectivity index (χ1v) is 10.8. The van der Waals surface area contributed by atoms with Crippen molar-refractivity contribution >= 4 is 15.9 Å². The highest BCUT2D eigenvalue weighted by molar-refractivity contribution is 7.88. The van der Waals surface area contributed by atoms with Gasteiger partial charge in [0.25, 0.3) is 0 Å². The van der Waals surface area contributed by atoms with Crippen molar-refractivity contribution in [1.82, 2.24) is 9.21 Å². The first kappa shape index (κ1) is 19.4. The fraction of sp³-hybridized carbons (Fsp3) is 0.833. The predicted octanol–water partition coefficient (Wildman–Crippen LogP) is 3.24. The summed E-state index contributed by atoms with van der Waals surface area (Å²) in [5, 5.41) is 0. The van der Waals surface area contributed by atoms with Crippen LogP contribution in [0.3, 0.4) is 0 Å². The van der Waals surface area contributed by atoms with Gasteiger partial charge < -0.3 is 4.90 Å². The van der Waals surface area contributed by atoms with E-state index in [2.05, 4.69) is 39.5 Å². The number of fused-ring (bicyclic) bond motifs is 1. The summed E-state index contributed by atoms with van der Waals surface area (Å²) >= 11 is 0. The lowest BCUT2D eigenvalue weighted by Gasteiger charge is -2.38. The van der Waals surface area contributed by atoms with Crippen molar-refractivity contribution in [3.8, 4) is 0 Å². The van der Waals surface area contributed by atoms with Crippen LogP contribution in [0.15, 0.2) is 16.3 Å². The molecule has 24 heavy (non-hydrogen) atoms. The molecule has 0 aromatic rings. The number of hydrogen-bond donors (Lipinski definition) is 0. The van der Waals surface area contributed by atoms with E-state index in [0.29, 0.717) is 6.54 Å². The van der Waals surface area contributed by atoms with Gasteiger partial charge in [-0.3, -0.25) is 4.99 Å². The summed E-state index contributed by atoms with van der Waals surface area (Å²) in [6.45, 7) is 15.5. The molecule has 2 rings (SSSR count). The third-order valence-electron chi connectivity index (χ3n) is 4.90. The first-order valence-electron chi connectivity index (χ1n) is 8.94. The van der Waals surface area contributed by atoms with Gasteiger partial charge in [-0.1, -0.05) is 27.7 Å². The summed E-state index contributed by atoms with van der Waals surface area (Å²) in [5.74, 6) is 1.09. The monoisotopic (exact) mass is 355 g/mol. The molecule has 2 aliphatic rings. The number of rotatable bonds is 4. The van der Waals surface area contributed by atoms with E-state index in [1.54, 1.807) is 4.31 Å².